The second-order valence-electron chi connectivity index (χ2n) is 9.38. The quantitative estimate of drug-likeness (QED) is 0.515. The predicted molar refractivity (Wildman–Crippen MR) is 115 cm³/mol. The van der Waals surface area contributed by atoms with Gasteiger partial charge in [-0.05, 0) is 26.8 Å². The Bertz CT molecular complexity index is 1160. The minimum atomic E-state index is -4.69. The van der Waals surface area contributed by atoms with Crippen LogP contribution in [0, 0.1) is 17.7 Å². The van der Waals surface area contributed by atoms with Gasteiger partial charge in [-0.15, -0.1) is 0 Å². The zero-order valence-corrected chi connectivity index (χ0v) is 19.1. The number of carbonyl (C=O) groups excluding carboxylic acids is 2. The van der Waals surface area contributed by atoms with Crippen molar-refractivity contribution in [3.05, 3.63) is 54.0 Å². The highest BCUT2D eigenvalue weighted by Crippen LogP contribution is 2.39. The fourth-order valence-corrected chi connectivity index (χ4v) is 3.96. The van der Waals surface area contributed by atoms with Crippen molar-refractivity contribution >= 4 is 12.0 Å². The first kappa shape index (κ1) is 24.6. The second kappa shape index (κ2) is 8.90. The van der Waals surface area contributed by atoms with Gasteiger partial charge in [-0.3, -0.25) is 14.7 Å². The molecule has 2 aliphatic rings. The molecule has 1 fully saturated rings. The number of aromatic nitrogens is 3. The Kier molecular flexibility index (Phi) is 6.24. The van der Waals surface area contributed by atoms with E-state index >= 15 is 0 Å². The molecule has 12 heteroatoms. The molecular weight excluding hydrogens is 470 g/mol. The molecule has 3 heterocycles. The summed E-state index contributed by atoms with van der Waals surface area (Å²) in [7, 11) is 0. The summed E-state index contributed by atoms with van der Waals surface area (Å²) in [5.41, 5.74) is -0.375. The van der Waals surface area contributed by atoms with Gasteiger partial charge in [-0.25, -0.2) is 19.2 Å². The van der Waals surface area contributed by atoms with Gasteiger partial charge >= 0.3 is 12.3 Å². The summed E-state index contributed by atoms with van der Waals surface area (Å²) in [6, 6.07) is 0.501. The molecule has 1 aliphatic carbocycles. The van der Waals surface area contributed by atoms with Crippen molar-refractivity contribution in [1.29, 1.82) is 0 Å². The lowest BCUT2D eigenvalue weighted by Crippen LogP contribution is -2.49. The molecule has 3 unspecified atom stereocenters. The zero-order chi connectivity index (χ0) is 25.5. The van der Waals surface area contributed by atoms with Crippen LogP contribution >= 0.6 is 0 Å². The largest absolute Gasteiger partial charge is 0.451 e. The number of carbonyl (C=O) groups is 2. The lowest BCUT2D eigenvalue weighted by Gasteiger charge is -2.30. The predicted octanol–water partition coefficient (Wildman–Crippen LogP) is 3.73. The number of amides is 2. The molecule has 186 valence electrons. The fourth-order valence-electron chi connectivity index (χ4n) is 3.96. The van der Waals surface area contributed by atoms with E-state index in [1.54, 1.807) is 20.8 Å². The Labute approximate surface area is 198 Å². The molecule has 2 aromatic heterocycles. The van der Waals surface area contributed by atoms with Crippen molar-refractivity contribution in [1.82, 2.24) is 25.2 Å². The first-order chi connectivity index (χ1) is 16.3. The summed E-state index contributed by atoms with van der Waals surface area (Å²) in [6.45, 7) is 5.31. The molecular formula is C23H23F4N5O3. The molecule has 35 heavy (non-hydrogen) atoms. The van der Waals surface area contributed by atoms with Crippen LogP contribution in [0.4, 0.5) is 22.4 Å². The molecule has 2 amide bonds. The number of fused-ring (bicyclic) bond motifs is 1. The summed E-state index contributed by atoms with van der Waals surface area (Å²) in [4.78, 5) is 37.5. The molecule has 0 saturated carbocycles. The van der Waals surface area contributed by atoms with E-state index in [9.17, 15) is 27.2 Å². The molecule has 1 saturated heterocycles. The Morgan fingerprint density at radius 1 is 1.11 bits per heavy atom. The summed E-state index contributed by atoms with van der Waals surface area (Å²) in [5, 5.41) is 2.65. The van der Waals surface area contributed by atoms with Gasteiger partial charge in [0.05, 0.1) is 11.9 Å². The van der Waals surface area contributed by atoms with Crippen LogP contribution in [-0.4, -0.2) is 50.0 Å². The van der Waals surface area contributed by atoms with Crippen molar-refractivity contribution in [3.63, 3.8) is 0 Å². The first-order valence-corrected chi connectivity index (χ1v) is 10.8. The summed E-state index contributed by atoms with van der Waals surface area (Å²) in [6.07, 6.45) is 1.28. The normalized spacial score (nSPS) is 21.3. The second-order valence-corrected chi connectivity index (χ2v) is 9.38. The minimum absolute atomic E-state index is 0.0437. The molecule has 0 bridgehead atoms. The van der Waals surface area contributed by atoms with Gasteiger partial charge in [0.25, 0.3) is 0 Å². The number of hydrogen-bond acceptors (Lipinski definition) is 6. The summed E-state index contributed by atoms with van der Waals surface area (Å²) < 4.78 is 57.9. The van der Waals surface area contributed by atoms with Crippen LogP contribution in [0.5, 0.6) is 0 Å². The maximum absolute atomic E-state index is 14.4. The lowest BCUT2D eigenvalue weighted by molar-refractivity contribution is -0.145. The Balaban J connectivity index is 1.47. The van der Waals surface area contributed by atoms with Crippen LogP contribution in [0.2, 0.25) is 0 Å². The van der Waals surface area contributed by atoms with E-state index in [2.05, 4.69) is 20.3 Å². The van der Waals surface area contributed by atoms with E-state index in [1.807, 2.05) is 12.2 Å². The van der Waals surface area contributed by atoms with E-state index < -0.39 is 41.5 Å². The van der Waals surface area contributed by atoms with Crippen molar-refractivity contribution < 1.29 is 31.9 Å². The van der Waals surface area contributed by atoms with Crippen LogP contribution < -0.4 is 5.32 Å². The van der Waals surface area contributed by atoms with Crippen LogP contribution in [0.1, 0.15) is 32.2 Å². The number of ether oxygens (including phenoxy) is 1. The molecule has 1 N–H and O–H groups in total. The van der Waals surface area contributed by atoms with Gasteiger partial charge in [-0.2, -0.15) is 13.2 Å². The standard InChI is InChI=1S/C23H23F4N5O3/c1-22(2,3)35-21(34)32-11-12-4-5-15(12)18(32)19(33)29-7-13-6-17(28-10-16(13)24)14-8-30-20(31-9-14)23(25,26)27/h4-6,8-10,12,15,18H,7,11H2,1-3H3,(H,29,33). The van der Waals surface area contributed by atoms with Gasteiger partial charge in [0.15, 0.2) is 0 Å². The Morgan fingerprint density at radius 2 is 1.80 bits per heavy atom. The van der Waals surface area contributed by atoms with E-state index in [4.69, 9.17) is 4.74 Å². The van der Waals surface area contributed by atoms with Gasteiger partial charge in [0.2, 0.25) is 11.7 Å². The Hall–Kier alpha value is -3.57. The van der Waals surface area contributed by atoms with Crippen molar-refractivity contribution in [3.8, 4) is 11.3 Å². The summed E-state index contributed by atoms with van der Waals surface area (Å²) >= 11 is 0. The molecule has 3 atom stereocenters. The number of halogens is 4. The highest BCUT2D eigenvalue weighted by atomic mass is 19.4. The Morgan fingerprint density at radius 3 is 2.37 bits per heavy atom. The number of alkyl halides is 3. The molecule has 2 aromatic rings. The lowest BCUT2D eigenvalue weighted by atomic mass is 9.81. The van der Waals surface area contributed by atoms with Crippen molar-refractivity contribution in [2.75, 3.05) is 6.54 Å². The molecule has 0 aromatic carbocycles. The summed E-state index contributed by atoms with van der Waals surface area (Å²) in [5.74, 6) is -2.60. The maximum atomic E-state index is 14.4. The van der Waals surface area contributed by atoms with E-state index in [0.29, 0.717) is 6.54 Å². The zero-order valence-electron chi connectivity index (χ0n) is 19.1. The number of nitrogens with zero attached hydrogens (tertiary/aromatic N) is 4. The highest BCUT2D eigenvalue weighted by molar-refractivity contribution is 5.87. The van der Waals surface area contributed by atoms with Gasteiger partial charge < -0.3 is 10.1 Å². The number of nitrogens with one attached hydrogen (secondary N) is 1. The van der Waals surface area contributed by atoms with Crippen LogP contribution in [0.25, 0.3) is 11.3 Å². The number of rotatable bonds is 4. The van der Waals surface area contributed by atoms with Gasteiger partial charge in [0.1, 0.15) is 17.5 Å². The molecule has 8 nitrogen and oxygen atoms in total. The minimum Gasteiger partial charge on any atom is -0.444 e. The maximum Gasteiger partial charge on any atom is 0.451 e. The topological polar surface area (TPSA) is 97.3 Å². The van der Waals surface area contributed by atoms with Crippen molar-refractivity contribution in [2.24, 2.45) is 11.8 Å². The third-order valence-corrected chi connectivity index (χ3v) is 5.67. The highest BCUT2D eigenvalue weighted by Gasteiger charge is 2.50. The molecule has 0 radical (unpaired) electrons. The van der Waals surface area contributed by atoms with Crippen LogP contribution in [0.15, 0.2) is 36.8 Å². The average Bonchev–Trinajstić information content (AvgIpc) is 3.01. The van der Waals surface area contributed by atoms with Crippen LogP contribution in [0.3, 0.4) is 0 Å². The molecule has 1 aliphatic heterocycles. The SMILES string of the molecule is CC(C)(C)OC(=O)N1CC2C=CC2C1C(=O)NCc1cc(-c2cnc(C(F)(F)F)nc2)ncc1F. The molecule has 0 spiro atoms. The fraction of sp³-hybridized carbons (Fsp3) is 0.435. The smallest absolute Gasteiger partial charge is 0.444 e. The number of likely N-dealkylation sites (tertiary alicyclic amines) is 1. The monoisotopic (exact) mass is 493 g/mol. The van der Waals surface area contributed by atoms with Gasteiger partial charge in [-0.1, -0.05) is 12.2 Å². The van der Waals surface area contributed by atoms with E-state index in [-0.39, 0.29) is 35.2 Å². The average molecular weight is 493 g/mol. The molecule has 4 rings (SSSR count). The van der Waals surface area contributed by atoms with Crippen molar-refractivity contribution in [2.45, 2.75) is 45.1 Å². The first-order valence-electron chi connectivity index (χ1n) is 10.8. The van der Waals surface area contributed by atoms with Crippen LogP contribution in [-0.2, 0) is 22.3 Å². The third-order valence-electron chi connectivity index (χ3n) is 5.67. The number of pyridine rings is 1. The number of hydrogen-bond donors (Lipinski definition) is 1. The van der Waals surface area contributed by atoms with E-state index in [0.717, 1.165) is 18.6 Å². The van der Waals surface area contributed by atoms with E-state index in [1.165, 1.54) is 11.0 Å². The third kappa shape index (κ3) is 5.25. The van der Waals surface area contributed by atoms with Gasteiger partial charge in [0, 0.05) is 48.4 Å².